The Morgan fingerprint density at radius 2 is 2.23 bits per heavy atom. The van der Waals surface area contributed by atoms with Crippen LogP contribution >= 0.6 is 0 Å². The fourth-order valence-electron chi connectivity index (χ4n) is 2.89. The Hall–Kier alpha value is -1.64. The first-order chi connectivity index (χ1) is 10.2. The number of aliphatic hydroxyl groups excluding tert-OH is 1. The number of fused-ring (bicyclic) bond motifs is 1. The summed E-state index contributed by atoms with van der Waals surface area (Å²) in [6.45, 7) is 6.40. The second-order valence-corrected chi connectivity index (χ2v) is 6.33. The van der Waals surface area contributed by atoms with Gasteiger partial charge in [0.1, 0.15) is 24.0 Å². The Kier molecular flexibility index (Phi) is 4.46. The van der Waals surface area contributed by atoms with Gasteiger partial charge in [-0.15, -0.1) is 0 Å². The number of nitrogens with zero attached hydrogens (tertiary/aromatic N) is 1. The lowest BCUT2D eigenvalue weighted by Gasteiger charge is -2.43. The molecule has 0 radical (unpaired) electrons. The number of ether oxygens (including phenoxy) is 1. The van der Waals surface area contributed by atoms with Crippen LogP contribution in [0.5, 0.6) is 0 Å². The van der Waals surface area contributed by atoms with Crippen molar-refractivity contribution < 1.29 is 30.3 Å². The monoisotopic (exact) mass is 313 g/mol. The molecule has 1 fully saturated rings. The van der Waals surface area contributed by atoms with Crippen molar-refractivity contribution in [1.29, 1.82) is 0 Å². The molecule has 8 heteroatoms. The molecule has 0 bridgehead atoms. The fraction of sp³-hybridized carbons (Fsp3) is 0.714. The molecule has 2 heterocycles. The summed E-state index contributed by atoms with van der Waals surface area (Å²) in [5.41, 5.74) is 2.88. The van der Waals surface area contributed by atoms with E-state index in [1.165, 1.54) is 6.92 Å². The molecule has 22 heavy (non-hydrogen) atoms. The van der Waals surface area contributed by atoms with Gasteiger partial charge in [-0.05, 0) is 13.3 Å². The van der Waals surface area contributed by atoms with Crippen molar-refractivity contribution in [3.63, 3.8) is 0 Å². The second kappa shape index (κ2) is 5.86. The number of hydrogen-bond acceptors (Lipinski definition) is 6. The largest absolute Gasteiger partial charge is 0.543 e. The van der Waals surface area contributed by atoms with Crippen molar-refractivity contribution in [3.8, 4) is 0 Å². The predicted octanol–water partition coefficient (Wildman–Crippen LogP) is -2.65. The van der Waals surface area contributed by atoms with E-state index in [-0.39, 0.29) is 11.5 Å². The van der Waals surface area contributed by atoms with Gasteiger partial charge in [-0.3, -0.25) is 15.0 Å². The lowest BCUT2D eigenvalue weighted by Crippen LogP contribution is -2.63. The van der Waals surface area contributed by atoms with E-state index in [0.717, 1.165) is 4.90 Å². The molecule has 2 aliphatic heterocycles. The van der Waals surface area contributed by atoms with Crippen LogP contribution in [-0.2, 0) is 14.3 Å². The first-order valence-corrected chi connectivity index (χ1v) is 7.36. The number of carbonyl (C=O) groups is 2. The van der Waals surface area contributed by atoms with Gasteiger partial charge >= 0.3 is 0 Å². The molecule has 0 aromatic rings. The summed E-state index contributed by atoms with van der Waals surface area (Å²) in [5, 5.41) is 24.2. The number of aliphatic carboxylic acids is 1. The molecule has 0 saturated carbocycles. The number of β-lactam (4-membered cyclic amide) rings is 1. The minimum absolute atomic E-state index is 0.216. The normalized spacial score (nSPS) is 25.7. The average molecular weight is 313 g/mol. The van der Waals surface area contributed by atoms with E-state index in [0.29, 0.717) is 19.6 Å². The molecule has 0 aliphatic carbocycles. The number of nitrogens with one attached hydrogen (secondary N) is 1. The smallest absolute Gasteiger partial charge is 0.241 e. The van der Waals surface area contributed by atoms with Crippen molar-refractivity contribution in [1.82, 2.24) is 10.2 Å². The number of rotatable bonds is 7. The lowest BCUT2D eigenvalue weighted by atomic mass is 9.85. The SMILES string of the molecule is C[C@@H](O)C1C(=O)N2C(C(=O)[O-])=C(C(C)(C)CCNC[NH3+])OC12. The highest BCUT2D eigenvalue weighted by atomic mass is 16.5. The molecule has 0 aromatic heterocycles. The van der Waals surface area contributed by atoms with Crippen LogP contribution in [0.2, 0.25) is 0 Å². The molecule has 2 rings (SSSR count). The third-order valence-corrected chi connectivity index (χ3v) is 4.21. The minimum Gasteiger partial charge on any atom is -0.543 e. The Morgan fingerprint density at radius 1 is 1.59 bits per heavy atom. The van der Waals surface area contributed by atoms with Gasteiger partial charge in [-0.1, -0.05) is 13.8 Å². The van der Waals surface area contributed by atoms with Crippen molar-refractivity contribution in [2.24, 2.45) is 11.3 Å². The minimum atomic E-state index is -1.44. The Bertz CT molecular complexity index is 515. The van der Waals surface area contributed by atoms with Gasteiger partial charge in [-0.25, -0.2) is 0 Å². The average Bonchev–Trinajstić information content (AvgIpc) is 2.74. The molecule has 124 valence electrons. The number of hydrogen-bond donors (Lipinski definition) is 3. The maximum absolute atomic E-state index is 12.1. The highest BCUT2D eigenvalue weighted by Gasteiger charge is 2.59. The van der Waals surface area contributed by atoms with Crippen LogP contribution in [0, 0.1) is 11.3 Å². The van der Waals surface area contributed by atoms with Crippen LogP contribution in [0.4, 0.5) is 0 Å². The maximum atomic E-state index is 12.1. The topological polar surface area (TPSA) is 130 Å². The third kappa shape index (κ3) is 2.57. The van der Waals surface area contributed by atoms with Gasteiger partial charge in [0, 0.05) is 12.0 Å². The molecule has 5 N–H and O–H groups in total. The van der Waals surface area contributed by atoms with Gasteiger partial charge in [0.2, 0.25) is 5.91 Å². The van der Waals surface area contributed by atoms with Crippen LogP contribution in [0.1, 0.15) is 27.2 Å². The lowest BCUT2D eigenvalue weighted by molar-refractivity contribution is -0.375. The first kappa shape index (κ1) is 16.7. The first-order valence-electron chi connectivity index (χ1n) is 7.36. The van der Waals surface area contributed by atoms with Gasteiger partial charge in [-0.2, -0.15) is 0 Å². The van der Waals surface area contributed by atoms with Crippen LogP contribution in [-0.4, -0.2) is 47.4 Å². The standard InChI is InChI=1S/C14H23N3O5/c1-7(18)8-11(19)17-9(13(20)21)10(22-12(8)17)14(2,3)4-5-16-6-15/h7-8,12,16,18H,4-6,15H2,1-3H3,(H,20,21)/t7-,8?,12?/m1/s1. The molecule has 0 aromatic carbocycles. The van der Waals surface area contributed by atoms with Crippen LogP contribution < -0.4 is 16.2 Å². The summed E-state index contributed by atoms with van der Waals surface area (Å²) in [6.07, 6.45) is -1.04. The molecular formula is C14H23N3O5. The zero-order valence-electron chi connectivity index (χ0n) is 13.1. The van der Waals surface area contributed by atoms with Crippen LogP contribution in [0.25, 0.3) is 0 Å². The number of aliphatic hydroxyl groups is 1. The zero-order valence-corrected chi connectivity index (χ0v) is 13.1. The van der Waals surface area contributed by atoms with Crippen molar-refractivity contribution in [2.75, 3.05) is 13.2 Å². The maximum Gasteiger partial charge on any atom is 0.241 e. The Labute approximate surface area is 128 Å². The fourth-order valence-corrected chi connectivity index (χ4v) is 2.89. The molecule has 1 amide bonds. The summed E-state index contributed by atoms with van der Waals surface area (Å²) in [6, 6.07) is 0. The van der Waals surface area contributed by atoms with Crippen molar-refractivity contribution in [3.05, 3.63) is 11.5 Å². The van der Waals surface area contributed by atoms with E-state index >= 15 is 0 Å². The number of carboxylic acids is 1. The van der Waals surface area contributed by atoms with E-state index in [1.54, 1.807) is 0 Å². The quantitative estimate of drug-likeness (QED) is 0.267. The predicted molar refractivity (Wildman–Crippen MR) is 73.1 cm³/mol. The molecular weight excluding hydrogens is 290 g/mol. The Morgan fingerprint density at radius 3 is 2.73 bits per heavy atom. The van der Waals surface area contributed by atoms with E-state index in [4.69, 9.17) is 4.74 Å². The molecule has 8 nitrogen and oxygen atoms in total. The van der Waals surface area contributed by atoms with Crippen LogP contribution in [0.15, 0.2) is 11.5 Å². The van der Waals surface area contributed by atoms with Gasteiger partial charge in [0.05, 0.1) is 12.1 Å². The summed E-state index contributed by atoms with van der Waals surface area (Å²) in [5.74, 6) is -2.38. The number of carboxylic acid groups (broad SMARTS) is 1. The second-order valence-electron chi connectivity index (χ2n) is 6.33. The summed E-state index contributed by atoms with van der Waals surface area (Å²) in [7, 11) is 0. The van der Waals surface area contributed by atoms with Gasteiger partial charge in [0.15, 0.2) is 6.23 Å². The molecule has 0 spiro atoms. The van der Waals surface area contributed by atoms with E-state index < -0.39 is 35.5 Å². The van der Waals surface area contributed by atoms with Crippen LogP contribution in [0.3, 0.4) is 0 Å². The van der Waals surface area contributed by atoms with E-state index in [9.17, 15) is 19.8 Å². The Balaban J connectivity index is 2.27. The van der Waals surface area contributed by atoms with Gasteiger partial charge < -0.3 is 25.5 Å². The highest BCUT2D eigenvalue weighted by molar-refractivity contribution is 5.98. The summed E-state index contributed by atoms with van der Waals surface area (Å²) >= 11 is 0. The highest BCUT2D eigenvalue weighted by Crippen LogP contribution is 2.47. The number of carbonyl (C=O) groups excluding carboxylic acids is 2. The zero-order chi connectivity index (χ0) is 16.7. The number of amides is 1. The molecule has 1 saturated heterocycles. The third-order valence-electron chi connectivity index (χ3n) is 4.21. The van der Waals surface area contributed by atoms with E-state index in [1.807, 2.05) is 13.8 Å². The summed E-state index contributed by atoms with van der Waals surface area (Å²) < 4.78 is 5.73. The van der Waals surface area contributed by atoms with Crippen molar-refractivity contribution in [2.45, 2.75) is 39.5 Å². The number of quaternary nitrogens is 1. The molecule has 3 atom stereocenters. The summed E-state index contributed by atoms with van der Waals surface area (Å²) in [4.78, 5) is 24.6. The van der Waals surface area contributed by atoms with Crippen molar-refractivity contribution >= 4 is 11.9 Å². The van der Waals surface area contributed by atoms with E-state index in [2.05, 4.69) is 11.1 Å². The van der Waals surface area contributed by atoms with Gasteiger partial charge in [0.25, 0.3) is 0 Å². The molecule has 2 aliphatic rings. The molecule has 2 unspecified atom stereocenters. The number of allylic oxidation sites excluding steroid dienone is 1.